The number of hydrogen-bond donors (Lipinski definition) is 1. The van der Waals surface area contributed by atoms with Gasteiger partial charge in [-0.3, -0.25) is 0 Å². The highest BCUT2D eigenvalue weighted by Gasteiger charge is 2.11. The van der Waals surface area contributed by atoms with Crippen LogP contribution in [0.1, 0.15) is 11.1 Å². The zero-order valence-electron chi connectivity index (χ0n) is 9.07. The van der Waals surface area contributed by atoms with Crippen LogP contribution in [0.3, 0.4) is 0 Å². The van der Waals surface area contributed by atoms with E-state index in [9.17, 15) is 9.50 Å². The van der Waals surface area contributed by atoms with E-state index in [4.69, 9.17) is 0 Å². The lowest BCUT2D eigenvalue weighted by molar-refractivity contribution is 0.175. The first-order valence-electron chi connectivity index (χ1n) is 5.29. The van der Waals surface area contributed by atoms with Crippen molar-refractivity contribution in [3.05, 3.63) is 56.4 Å². The molecule has 1 unspecified atom stereocenters. The van der Waals surface area contributed by atoms with E-state index in [1.165, 1.54) is 6.07 Å². The molecule has 2 rings (SSSR count). The maximum absolute atomic E-state index is 13.3. The molecule has 1 aromatic heterocycles. The number of halogens is 2. The van der Waals surface area contributed by atoms with Crippen molar-refractivity contribution in [1.82, 2.24) is 0 Å². The molecule has 0 aliphatic rings. The summed E-state index contributed by atoms with van der Waals surface area (Å²) in [5.41, 5.74) is 1.92. The van der Waals surface area contributed by atoms with Gasteiger partial charge in [-0.05, 0) is 62.8 Å². The monoisotopic (exact) mass is 314 g/mol. The van der Waals surface area contributed by atoms with E-state index in [0.717, 1.165) is 11.1 Å². The van der Waals surface area contributed by atoms with Crippen molar-refractivity contribution in [1.29, 1.82) is 0 Å². The summed E-state index contributed by atoms with van der Waals surface area (Å²) in [7, 11) is 0. The molecule has 0 bridgehead atoms. The fraction of sp³-hybridized carbons (Fsp3) is 0.231. The molecular weight excluding hydrogens is 303 g/mol. The summed E-state index contributed by atoms with van der Waals surface area (Å²) in [6, 6.07) is 6.88. The highest BCUT2D eigenvalue weighted by Crippen LogP contribution is 2.22. The molecule has 0 amide bonds. The predicted octanol–water partition coefficient (Wildman–Crippen LogP) is 3.80. The molecule has 90 valence electrons. The molecule has 1 heterocycles. The minimum Gasteiger partial charge on any atom is -0.392 e. The van der Waals surface area contributed by atoms with Gasteiger partial charge in [-0.2, -0.15) is 11.3 Å². The molecule has 0 radical (unpaired) electrons. The van der Waals surface area contributed by atoms with Gasteiger partial charge in [-0.1, -0.05) is 12.1 Å². The van der Waals surface area contributed by atoms with Gasteiger partial charge in [-0.25, -0.2) is 4.39 Å². The number of aliphatic hydroxyl groups is 1. The average molecular weight is 315 g/mol. The predicted molar refractivity (Wildman–Crippen MR) is 71.8 cm³/mol. The largest absolute Gasteiger partial charge is 0.392 e. The second-order valence-electron chi connectivity index (χ2n) is 3.91. The number of rotatable bonds is 4. The van der Waals surface area contributed by atoms with Gasteiger partial charge in [0.1, 0.15) is 5.82 Å². The van der Waals surface area contributed by atoms with E-state index in [2.05, 4.69) is 15.9 Å². The molecule has 0 saturated heterocycles. The van der Waals surface area contributed by atoms with Gasteiger partial charge >= 0.3 is 0 Å². The number of hydrogen-bond acceptors (Lipinski definition) is 2. The van der Waals surface area contributed by atoms with Gasteiger partial charge in [-0.15, -0.1) is 0 Å². The van der Waals surface area contributed by atoms with Crippen molar-refractivity contribution in [2.24, 2.45) is 0 Å². The maximum Gasteiger partial charge on any atom is 0.137 e. The van der Waals surface area contributed by atoms with Gasteiger partial charge in [0.2, 0.25) is 0 Å². The summed E-state index contributed by atoms with van der Waals surface area (Å²) >= 11 is 4.82. The van der Waals surface area contributed by atoms with Gasteiger partial charge in [0, 0.05) is 0 Å². The van der Waals surface area contributed by atoms with Crippen LogP contribution in [-0.4, -0.2) is 11.2 Å². The molecule has 0 fully saturated rings. The minimum atomic E-state index is -0.484. The second kappa shape index (κ2) is 5.76. The fourth-order valence-corrected chi connectivity index (χ4v) is 2.82. The first-order valence-corrected chi connectivity index (χ1v) is 7.02. The Kier molecular flexibility index (Phi) is 4.31. The van der Waals surface area contributed by atoms with Crippen LogP contribution < -0.4 is 0 Å². The van der Waals surface area contributed by atoms with E-state index in [-0.39, 0.29) is 5.82 Å². The Bertz CT molecular complexity index is 484. The van der Waals surface area contributed by atoms with Crippen molar-refractivity contribution in [2.45, 2.75) is 18.9 Å². The SMILES string of the molecule is OC(Cc1ccsc1)Cc1cccc(F)c1Br. The van der Waals surface area contributed by atoms with Crippen LogP contribution in [0.4, 0.5) is 4.39 Å². The Morgan fingerprint density at radius 1 is 1.29 bits per heavy atom. The summed E-state index contributed by atoms with van der Waals surface area (Å²) < 4.78 is 13.7. The lowest BCUT2D eigenvalue weighted by Gasteiger charge is -2.11. The average Bonchev–Trinajstić information content (AvgIpc) is 2.77. The van der Waals surface area contributed by atoms with Crippen molar-refractivity contribution >= 4 is 27.3 Å². The first-order chi connectivity index (χ1) is 8.16. The Balaban J connectivity index is 2.03. The summed E-state index contributed by atoms with van der Waals surface area (Å²) in [6.45, 7) is 0. The standard InChI is InChI=1S/C13H12BrFOS/c14-13-10(2-1-3-12(13)15)7-11(16)6-9-4-5-17-8-9/h1-5,8,11,16H,6-7H2. The Hall–Kier alpha value is -0.710. The van der Waals surface area contributed by atoms with E-state index < -0.39 is 6.10 Å². The third kappa shape index (κ3) is 3.37. The van der Waals surface area contributed by atoms with Crippen LogP contribution in [-0.2, 0) is 12.8 Å². The summed E-state index contributed by atoms with van der Waals surface area (Å²) in [5.74, 6) is -0.287. The van der Waals surface area contributed by atoms with Crippen LogP contribution in [0, 0.1) is 5.82 Å². The molecule has 1 N–H and O–H groups in total. The van der Waals surface area contributed by atoms with Crippen molar-refractivity contribution in [3.8, 4) is 0 Å². The van der Waals surface area contributed by atoms with Crippen LogP contribution >= 0.6 is 27.3 Å². The van der Waals surface area contributed by atoms with Crippen molar-refractivity contribution < 1.29 is 9.50 Å². The summed E-state index contributed by atoms with van der Waals surface area (Å²) in [5, 5.41) is 14.0. The lowest BCUT2D eigenvalue weighted by Crippen LogP contribution is -2.14. The van der Waals surface area contributed by atoms with Crippen molar-refractivity contribution in [2.75, 3.05) is 0 Å². The molecule has 0 aliphatic carbocycles. The number of aliphatic hydroxyl groups excluding tert-OH is 1. The smallest absolute Gasteiger partial charge is 0.137 e. The highest BCUT2D eigenvalue weighted by molar-refractivity contribution is 9.10. The minimum absolute atomic E-state index is 0.287. The van der Waals surface area contributed by atoms with Gasteiger partial charge < -0.3 is 5.11 Å². The fourth-order valence-electron chi connectivity index (χ4n) is 1.71. The molecule has 17 heavy (non-hydrogen) atoms. The van der Waals surface area contributed by atoms with E-state index >= 15 is 0 Å². The molecule has 2 aromatic rings. The Morgan fingerprint density at radius 2 is 2.12 bits per heavy atom. The zero-order chi connectivity index (χ0) is 12.3. The molecule has 1 nitrogen and oxygen atoms in total. The molecular formula is C13H12BrFOS. The second-order valence-corrected chi connectivity index (χ2v) is 5.48. The maximum atomic E-state index is 13.3. The molecule has 0 aliphatic heterocycles. The molecule has 1 atom stereocenters. The lowest BCUT2D eigenvalue weighted by atomic mass is 10.0. The molecule has 0 spiro atoms. The van der Waals surface area contributed by atoms with Gasteiger partial charge in [0.15, 0.2) is 0 Å². The van der Waals surface area contributed by atoms with Gasteiger partial charge in [0.05, 0.1) is 10.6 Å². The quantitative estimate of drug-likeness (QED) is 0.910. The first kappa shape index (κ1) is 12.7. The molecule has 4 heteroatoms. The van der Waals surface area contributed by atoms with Gasteiger partial charge in [0.25, 0.3) is 0 Å². The normalized spacial score (nSPS) is 12.6. The number of thiophene rings is 1. The third-order valence-corrected chi connectivity index (χ3v) is 4.16. The van der Waals surface area contributed by atoms with E-state index in [0.29, 0.717) is 17.3 Å². The highest BCUT2D eigenvalue weighted by atomic mass is 79.9. The molecule has 1 aromatic carbocycles. The third-order valence-electron chi connectivity index (χ3n) is 2.54. The van der Waals surface area contributed by atoms with Crippen LogP contribution in [0.5, 0.6) is 0 Å². The van der Waals surface area contributed by atoms with Crippen molar-refractivity contribution in [3.63, 3.8) is 0 Å². The Labute approximate surface area is 112 Å². The van der Waals surface area contributed by atoms with E-state index in [1.54, 1.807) is 17.4 Å². The summed E-state index contributed by atoms with van der Waals surface area (Å²) in [6.07, 6.45) is 0.573. The summed E-state index contributed by atoms with van der Waals surface area (Å²) in [4.78, 5) is 0. The van der Waals surface area contributed by atoms with E-state index in [1.807, 2.05) is 22.9 Å². The Morgan fingerprint density at radius 3 is 2.82 bits per heavy atom. The van der Waals surface area contributed by atoms with Crippen LogP contribution in [0.25, 0.3) is 0 Å². The topological polar surface area (TPSA) is 20.2 Å². The van der Waals surface area contributed by atoms with Crippen LogP contribution in [0.2, 0.25) is 0 Å². The van der Waals surface area contributed by atoms with Crippen LogP contribution in [0.15, 0.2) is 39.5 Å². The zero-order valence-corrected chi connectivity index (χ0v) is 11.5. The molecule has 0 saturated carbocycles. The number of benzene rings is 1.